The standard InChI is InChI=1S/C6H12N2O2S/c1-4-8(3)6(9)10-5(11)7-2/h4H2,1-3H3,(H,7,11). The molecule has 0 bridgehead atoms. The van der Waals surface area contributed by atoms with Crippen molar-refractivity contribution in [2.45, 2.75) is 6.92 Å². The van der Waals surface area contributed by atoms with E-state index in [0.717, 1.165) is 0 Å². The zero-order chi connectivity index (χ0) is 8.85. The lowest BCUT2D eigenvalue weighted by Crippen LogP contribution is -2.32. The van der Waals surface area contributed by atoms with Crippen molar-refractivity contribution in [2.75, 3.05) is 20.6 Å². The molecule has 0 unspecified atom stereocenters. The molecule has 0 heterocycles. The summed E-state index contributed by atoms with van der Waals surface area (Å²) in [6, 6.07) is 0. The molecule has 0 aliphatic carbocycles. The summed E-state index contributed by atoms with van der Waals surface area (Å²) in [4.78, 5) is 12.3. The van der Waals surface area contributed by atoms with Gasteiger partial charge >= 0.3 is 6.09 Å². The molecule has 0 saturated carbocycles. The second-order valence-electron chi connectivity index (χ2n) is 1.92. The summed E-state index contributed by atoms with van der Waals surface area (Å²) in [7, 11) is 3.24. The maximum Gasteiger partial charge on any atom is 0.416 e. The Balaban J connectivity index is 3.77. The molecule has 0 radical (unpaired) electrons. The first kappa shape index (κ1) is 10.2. The first-order valence-electron chi connectivity index (χ1n) is 3.26. The summed E-state index contributed by atoms with van der Waals surface area (Å²) < 4.78 is 4.66. The molecule has 4 nitrogen and oxygen atoms in total. The number of nitrogens with one attached hydrogen (secondary N) is 1. The van der Waals surface area contributed by atoms with Gasteiger partial charge in [0.25, 0.3) is 5.17 Å². The maximum absolute atomic E-state index is 10.9. The van der Waals surface area contributed by atoms with E-state index in [1.165, 1.54) is 4.90 Å². The van der Waals surface area contributed by atoms with Crippen molar-refractivity contribution in [1.82, 2.24) is 10.2 Å². The molecule has 0 aromatic rings. The van der Waals surface area contributed by atoms with Crippen LogP contribution in [0.15, 0.2) is 0 Å². The van der Waals surface area contributed by atoms with Crippen molar-refractivity contribution in [3.05, 3.63) is 0 Å². The second kappa shape index (κ2) is 4.90. The van der Waals surface area contributed by atoms with Crippen LogP contribution < -0.4 is 5.32 Å². The summed E-state index contributed by atoms with van der Waals surface area (Å²) in [6.45, 7) is 2.45. The van der Waals surface area contributed by atoms with Crippen molar-refractivity contribution in [3.8, 4) is 0 Å². The topological polar surface area (TPSA) is 41.6 Å². The third-order valence-electron chi connectivity index (χ3n) is 1.17. The molecule has 5 heteroatoms. The Kier molecular flexibility index (Phi) is 4.52. The number of carbonyl (C=O) groups is 1. The van der Waals surface area contributed by atoms with Crippen LogP contribution in [0.25, 0.3) is 0 Å². The highest BCUT2D eigenvalue weighted by Crippen LogP contribution is 1.89. The molecule has 1 amide bonds. The molecular weight excluding hydrogens is 164 g/mol. The quantitative estimate of drug-likeness (QED) is 0.593. The van der Waals surface area contributed by atoms with Gasteiger partial charge in [0.15, 0.2) is 0 Å². The third-order valence-corrected chi connectivity index (χ3v) is 1.46. The Hall–Kier alpha value is -0.840. The minimum Gasteiger partial charge on any atom is -0.383 e. The summed E-state index contributed by atoms with van der Waals surface area (Å²) in [5.41, 5.74) is 0. The monoisotopic (exact) mass is 176 g/mol. The maximum atomic E-state index is 10.9. The molecule has 0 aliphatic heterocycles. The molecule has 11 heavy (non-hydrogen) atoms. The van der Waals surface area contributed by atoms with Crippen LogP contribution in [0.3, 0.4) is 0 Å². The lowest BCUT2D eigenvalue weighted by molar-refractivity contribution is 0.161. The van der Waals surface area contributed by atoms with Gasteiger partial charge in [0, 0.05) is 20.6 Å². The number of hydrogen-bond donors (Lipinski definition) is 1. The molecule has 0 aromatic heterocycles. The Morgan fingerprint density at radius 1 is 1.73 bits per heavy atom. The molecule has 0 atom stereocenters. The van der Waals surface area contributed by atoms with Crippen molar-refractivity contribution < 1.29 is 9.53 Å². The van der Waals surface area contributed by atoms with Gasteiger partial charge in [-0.1, -0.05) is 0 Å². The van der Waals surface area contributed by atoms with Gasteiger partial charge in [0.1, 0.15) is 0 Å². The minimum absolute atomic E-state index is 0.0929. The van der Waals surface area contributed by atoms with Gasteiger partial charge in [-0.3, -0.25) is 0 Å². The third kappa shape index (κ3) is 3.77. The summed E-state index contributed by atoms with van der Waals surface area (Å²) >= 11 is 4.62. The van der Waals surface area contributed by atoms with E-state index in [-0.39, 0.29) is 5.17 Å². The van der Waals surface area contributed by atoms with Crippen molar-refractivity contribution in [3.63, 3.8) is 0 Å². The van der Waals surface area contributed by atoms with E-state index in [4.69, 9.17) is 0 Å². The van der Waals surface area contributed by atoms with Gasteiger partial charge in [0.05, 0.1) is 0 Å². The summed E-state index contributed by atoms with van der Waals surface area (Å²) in [5.74, 6) is 0. The van der Waals surface area contributed by atoms with E-state index in [2.05, 4.69) is 22.3 Å². The van der Waals surface area contributed by atoms with E-state index in [1.807, 2.05) is 6.92 Å². The Morgan fingerprint density at radius 2 is 2.27 bits per heavy atom. The average Bonchev–Trinajstić information content (AvgIpc) is 2.02. The largest absolute Gasteiger partial charge is 0.416 e. The van der Waals surface area contributed by atoms with Crippen LogP contribution in [0.5, 0.6) is 0 Å². The van der Waals surface area contributed by atoms with Crippen LogP contribution in [-0.2, 0) is 4.74 Å². The van der Waals surface area contributed by atoms with Gasteiger partial charge in [0.2, 0.25) is 0 Å². The minimum atomic E-state index is -0.438. The highest BCUT2D eigenvalue weighted by molar-refractivity contribution is 7.80. The van der Waals surface area contributed by atoms with Gasteiger partial charge in [-0.2, -0.15) is 0 Å². The van der Waals surface area contributed by atoms with Crippen LogP contribution in [0.4, 0.5) is 4.79 Å². The Morgan fingerprint density at radius 3 is 2.64 bits per heavy atom. The number of ether oxygens (including phenoxy) is 1. The van der Waals surface area contributed by atoms with Crippen molar-refractivity contribution in [2.24, 2.45) is 0 Å². The van der Waals surface area contributed by atoms with Gasteiger partial charge in [-0.25, -0.2) is 4.79 Å². The van der Waals surface area contributed by atoms with Crippen LogP contribution in [0, 0.1) is 0 Å². The number of carbonyl (C=O) groups excluding carboxylic acids is 1. The molecule has 0 saturated heterocycles. The highest BCUT2D eigenvalue weighted by atomic mass is 32.1. The van der Waals surface area contributed by atoms with Gasteiger partial charge < -0.3 is 15.0 Å². The fourth-order valence-electron chi connectivity index (χ4n) is 0.337. The molecule has 0 spiro atoms. The fraction of sp³-hybridized carbons (Fsp3) is 0.667. The van der Waals surface area contributed by atoms with Crippen LogP contribution in [0.2, 0.25) is 0 Å². The molecular formula is C6H12N2O2S. The van der Waals surface area contributed by atoms with Crippen LogP contribution in [-0.4, -0.2) is 36.8 Å². The number of thiocarbonyl (C=S) groups is 1. The van der Waals surface area contributed by atoms with Crippen LogP contribution >= 0.6 is 12.2 Å². The molecule has 64 valence electrons. The van der Waals surface area contributed by atoms with Crippen molar-refractivity contribution >= 4 is 23.5 Å². The zero-order valence-corrected chi connectivity index (χ0v) is 7.70. The Labute approximate surface area is 71.5 Å². The Bertz CT molecular complexity index is 161. The predicted molar refractivity (Wildman–Crippen MR) is 46.4 cm³/mol. The average molecular weight is 176 g/mol. The number of hydrogen-bond acceptors (Lipinski definition) is 3. The zero-order valence-electron chi connectivity index (χ0n) is 6.88. The molecule has 0 aliphatic rings. The second-order valence-corrected chi connectivity index (χ2v) is 2.29. The van der Waals surface area contributed by atoms with Gasteiger partial charge in [-0.05, 0) is 19.1 Å². The lowest BCUT2D eigenvalue weighted by atomic mass is 10.7. The lowest BCUT2D eigenvalue weighted by Gasteiger charge is -2.13. The summed E-state index contributed by atoms with van der Waals surface area (Å²) in [5, 5.41) is 2.63. The van der Waals surface area contributed by atoms with Crippen LogP contribution in [0.1, 0.15) is 6.92 Å². The van der Waals surface area contributed by atoms with E-state index in [9.17, 15) is 4.79 Å². The number of amides is 1. The van der Waals surface area contributed by atoms with Crippen molar-refractivity contribution in [1.29, 1.82) is 0 Å². The molecule has 1 N–H and O–H groups in total. The van der Waals surface area contributed by atoms with E-state index >= 15 is 0 Å². The summed E-state index contributed by atoms with van der Waals surface area (Å²) in [6.07, 6.45) is -0.438. The van der Waals surface area contributed by atoms with E-state index in [0.29, 0.717) is 6.54 Å². The first-order valence-corrected chi connectivity index (χ1v) is 3.67. The molecule has 0 aromatic carbocycles. The number of rotatable bonds is 1. The predicted octanol–water partition coefficient (Wildman–Crippen LogP) is 0.579. The fourth-order valence-corrected chi connectivity index (χ4v) is 0.409. The van der Waals surface area contributed by atoms with E-state index < -0.39 is 6.09 Å². The highest BCUT2D eigenvalue weighted by Gasteiger charge is 2.08. The normalized spacial score (nSPS) is 8.64. The SMILES string of the molecule is CCN(C)C(=O)OC(=S)NC. The van der Waals surface area contributed by atoms with Gasteiger partial charge in [-0.15, -0.1) is 0 Å². The number of nitrogens with zero attached hydrogens (tertiary/aromatic N) is 1. The smallest absolute Gasteiger partial charge is 0.383 e. The first-order chi connectivity index (χ1) is 5.11. The molecule has 0 rings (SSSR count). The molecule has 0 fully saturated rings. The van der Waals surface area contributed by atoms with E-state index in [1.54, 1.807) is 14.1 Å².